The van der Waals surface area contributed by atoms with Crippen LogP contribution >= 0.6 is 15.9 Å². The van der Waals surface area contributed by atoms with E-state index in [4.69, 9.17) is 5.73 Å². The molecule has 3 rings (SSSR count). The minimum atomic E-state index is -0.488. The first-order valence-corrected chi connectivity index (χ1v) is 6.64. The van der Waals surface area contributed by atoms with E-state index in [9.17, 15) is 8.78 Å². The van der Waals surface area contributed by atoms with E-state index in [0.29, 0.717) is 21.5 Å². The molecule has 0 radical (unpaired) electrons. The second-order valence-electron chi connectivity index (χ2n) is 4.28. The predicted octanol–water partition coefficient (Wildman–Crippen LogP) is 2.95. The van der Waals surface area contributed by atoms with Gasteiger partial charge < -0.3 is 5.73 Å². The van der Waals surface area contributed by atoms with Gasteiger partial charge in [-0.25, -0.2) is 8.78 Å². The quantitative estimate of drug-likeness (QED) is 0.720. The number of rotatable bonds is 2. The Morgan fingerprint density at radius 3 is 2.57 bits per heavy atom. The largest absolute Gasteiger partial charge is 0.399 e. The molecule has 1 aromatic heterocycles. The molecule has 0 bridgehead atoms. The molecule has 0 aliphatic carbocycles. The maximum atomic E-state index is 13.5. The van der Waals surface area contributed by atoms with E-state index in [1.165, 1.54) is 35.0 Å². The predicted molar refractivity (Wildman–Crippen MR) is 76.6 cm³/mol. The van der Waals surface area contributed by atoms with E-state index in [2.05, 4.69) is 31.5 Å². The first kappa shape index (κ1) is 13.6. The molecule has 5 nitrogen and oxygen atoms in total. The summed E-state index contributed by atoms with van der Waals surface area (Å²) in [5.41, 5.74) is 6.84. The van der Waals surface area contributed by atoms with Crippen LogP contribution in [0.5, 0.6) is 0 Å². The standard InChI is InChI=1S/C13H8BrF2N5/c14-11-6-8(15)1-2-12(11)21-13(18-19-20-21)7-3-9(16)5-10(17)4-7/h1-6H,17H2. The highest BCUT2D eigenvalue weighted by atomic mass is 79.9. The Balaban J connectivity index is 2.17. The molecule has 106 valence electrons. The number of halogens is 3. The van der Waals surface area contributed by atoms with Gasteiger partial charge in [-0.15, -0.1) is 5.10 Å². The van der Waals surface area contributed by atoms with Gasteiger partial charge in [0.05, 0.1) is 5.69 Å². The molecule has 2 N–H and O–H groups in total. The van der Waals surface area contributed by atoms with Crippen LogP contribution in [-0.2, 0) is 0 Å². The lowest BCUT2D eigenvalue weighted by atomic mass is 10.2. The number of nitrogens with zero attached hydrogens (tertiary/aromatic N) is 4. The van der Waals surface area contributed by atoms with Crippen molar-refractivity contribution in [3.8, 4) is 17.1 Å². The lowest BCUT2D eigenvalue weighted by Gasteiger charge is -2.07. The zero-order chi connectivity index (χ0) is 15.0. The molecule has 3 aromatic rings. The number of hydrogen-bond acceptors (Lipinski definition) is 4. The van der Waals surface area contributed by atoms with Crippen molar-refractivity contribution in [3.05, 3.63) is 52.5 Å². The number of nitrogens with two attached hydrogens (primary N) is 1. The Labute approximate surface area is 126 Å². The molecule has 0 aliphatic heterocycles. The van der Waals surface area contributed by atoms with Gasteiger partial charge in [-0.3, -0.25) is 0 Å². The summed E-state index contributed by atoms with van der Waals surface area (Å²) in [7, 11) is 0. The van der Waals surface area contributed by atoms with Crippen LogP contribution in [0.3, 0.4) is 0 Å². The van der Waals surface area contributed by atoms with Crippen molar-refractivity contribution >= 4 is 21.6 Å². The summed E-state index contributed by atoms with van der Waals surface area (Å²) in [6.45, 7) is 0. The molecule has 0 atom stereocenters. The minimum absolute atomic E-state index is 0.262. The van der Waals surface area contributed by atoms with Gasteiger partial charge in [-0.05, 0) is 62.8 Å². The van der Waals surface area contributed by atoms with Gasteiger partial charge in [0.15, 0.2) is 5.82 Å². The normalized spacial score (nSPS) is 10.8. The Morgan fingerprint density at radius 1 is 1.05 bits per heavy atom. The third kappa shape index (κ3) is 2.62. The van der Waals surface area contributed by atoms with Crippen molar-refractivity contribution in [3.63, 3.8) is 0 Å². The van der Waals surface area contributed by atoms with Gasteiger partial charge in [-0.2, -0.15) is 4.68 Å². The third-order valence-corrected chi connectivity index (χ3v) is 3.42. The van der Waals surface area contributed by atoms with Gasteiger partial charge in [0.1, 0.15) is 11.6 Å². The van der Waals surface area contributed by atoms with Crippen LogP contribution in [0.4, 0.5) is 14.5 Å². The summed E-state index contributed by atoms with van der Waals surface area (Å²) in [5, 5.41) is 11.3. The fourth-order valence-corrected chi connectivity index (χ4v) is 2.44. The van der Waals surface area contributed by atoms with Crippen molar-refractivity contribution in [1.29, 1.82) is 0 Å². The van der Waals surface area contributed by atoms with E-state index in [1.54, 1.807) is 6.07 Å². The van der Waals surface area contributed by atoms with Crippen LogP contribution in [0.2, 0.25) is 0 Å². The van der Waals surface area contributed by atoms with Crippen LogP contribution in [0.25, 0.3) is 17.1 Å². The summed E-state index contributed by atoms with van der Waals surface area (Å²) < 4.78 is 28.5. The molecular formula is C13H8BrF2N5. The number of hydrogen-bond donors (Lipinski definition) is 1. The van der Waals surface area contributed by atoms with Crippen molar-refractivity contribution < 1.29 is 8.78 Å². The van der Waals surface area contributed by atoms with E-state index in [-0.39, 0.29) is 5.69 Å². The number of anilines is 1. The maximum Gasteiger partial charge on any atom is 0.187 e. The number of tetrazole rings is 1. The molecule has 0 aliphatic rings. The van der Waals surface area contributed by atoms with Crippen LogP contribution in [0.15, 0.2) is 40.9 Å². The molecule has 0 amide bonds. The molecule has 0 saturated carbocycles. The fourth-order valence-electron chi connectivity index (χ4n) is 1.92. The lowest BCUT2D eigenvalue weighted by molar-refractivity contribution is 0.625. The number of aromatic nitrogens is 4. The highest BCUT2D eigenvalue weighted by molar-refractivity contribution is 9.10. The first-order chi connectivity index (χ1) is 10.0. The molecule has 0 fully saturated rings. The summed E-state index contributed by atoms with van der Waals surface area (Å²) in [6, 6.07) is 8.12. The molecule has 1 heterocycles. The Hall–Kier alpha value is -2.35. The van der Waals surface area contributed by atoms with Gasteiger partial charge in [0.2, 0.25) is 0 Å². The van der Waals surface area contributed by atoms with Crippen LogP contribution < -0.4 is 5.73 Å². The second kappa shape index (κ2) is 5.21. The van der Waals surface area contributed by atoms with Crippen LogP contribution in [0.1, 0.15) is 0 Å². The highest BCUT2D eigenvalue weighted by Gasteiger charge is 2.14. The summed E-state index contributed by atoms with van der Waals surface area (Å²) in [6.07, 6.45) is 0. The lowest BCUT2D eigenvalue weighted by Crippen LogP contribution is -2.02. The average molecular weight is 352 g/mol. The monoisotopic (exact) mass is 351 g/mol. The zero-order valence-corrected chi connectivity index (χ0v) is 12.1. The van der Waals surface area contributed by atoms with E-state index in [1.807, 2.05) is 0 Å². The minimum Gasteiger partial charge on any atom is -0.399 e. The topological polar surface area (TPSA) is 69.6 Å². The molecule has 0 saturated heterocycles. The second-order valence-corrected chi connectivity index (χ2v) is 5.14. The molecule has 0 unspecified atom stereocenters. The summed E-state index contributed by atoms with van der Waals surface area (Å²) >= 11 is 3.25. The van der Waals surface area contributed by atoms with Crippen molar-refractivity contribution in [1.82, 2.24) is 20.2 Å². The fraction of sp³-hybridized carbons (Fsp3) is 0. The molecule has 2 aromatic carbocycles. The zero-order valence-electron chi connectivity index (χ0n) is 10.5. The smallest absolute Gasteiger partial charge is 0.187 e. The van der Waals surface area contributed by atoms with Crippen LogP contribution in [-0.4, -0.2) is 20.2 Å². The Kier molecular flexibility index (Phi) is 3.38. The van der Waals surface area contributed by atoms with Crippen LogP contribution in [0, 0.1) is 11.6 Å². The van der Waals surface area contributed by atoms with E-state index >= 15 is 0 Å². The van der Waals surface area contributed by atoms with Crippen molar-refractivity contribution in [2.24, 2.45) is 0 Å². The van der Waals surface area contributed by atoms with Gasteiger partial charge in [0.25, 0.3) is 0 Å². The SMILES string of the molecule is Nc1cc(F)cc(-c2nnnn2-c2ccc(F)cc2Br)c1. The Morgan fingerprint density at radius 2 is 1.86 bits per heavy atom. The van der Waals surface area contributed by atoms with Gasteiger partial charge >= 0.3 is 0 Å². The molecular weight excluding hydrogens is 344 g/mol. The molecule has 0 spiro atoms. The molecule has 8 heteroatoms. The maximum absolute atomic E-state index is 13.5. The van der Waals surface area contributed by atoms with Crippen molar-refractivity contribution in [2.75, 3.05) is 5.73 Å². The number of benzene rings is 2. The third-order valence-electron chi connectivity index (χ3n) is 2.79. The van der Waals surface area contributed by atoms with Crippen molar-refractivity contribution in [2.45, 2.75) is 0 Å². The number of nitrogen functional groups attached to an aromatic ring is 1. The van der Waals surface area contributed by atoms with E-state index in [0.717, 1.165) is 0 Å². The van der Waals surface area contributed by atoms with E-state index < -0.39 is 11.6 Å². The summed E-state index contributed by atoms with van der Waals surface area (Å²) in [4.78, 5) is 0. The first-order valence-electron chi connectivity index (χ1n) is 5.85. The average Bonchev–Trinajstić information content (AvgIpc) is 2.86. The summed E-state index contributed by atoms with van der Waals surface area (Å²) in [5.74, 6) is -0.582. The highest BCUT2D eigenvalue weighted by Crippen LogP contribution is 2.27. The Bertz CT molecular complexity index is 798. The molecule has 21 heavy (non-hydrogen) atoms. The van der Waals surface area contributed by atoms with Gasteiger partial charge in [0, 0.05) is 15.7 Å². The van der Waals surface area contributed by atoms with Gasteiger partial charge in [-0.1, -0.05) is 0 Å².